The lowest BCUT2D eigenvalue weighted by molar-refractivity contribution is -0.137. The van der Waals surface area contributed by atoms with Crippen LogP contribution in [0.15, 0.2) is 18.2 Å². The summed E-state index contributed by atoms with van der Waals surface area (Å²) in [6.45, 7) is 5.02. The molecule has 1 aromatic rings. The van der Waals surface area contributed by atoms with Crippen LogP contribution in [0.5, 0.6) is 0 Å². The summed E-state index contributed by atoms with van der Waals surface area (Å²) in [5, 5.41) is 0. The van der Waals surface area contributed by atoms with Crippen LogP contribution in [0.3, 0.4) is 0 Å². The Kier molecular flexibility index (Phi) is 5.87. The number of alkyl halides is 3. The van der Waals surface area contributed by atoms with E-state index in [2.05, 4.69) is 0 Å². The third-order valence-electron chi connectivity index (χ3n) is 3.49. The second-order valence-electron chi connectivity index (χ2n) is 5.28. The predicted octanol–water partition coefficient (Wildman–Crippen LogP) is 3.69. The second kappa shape index (κ2) is 6.97. The molecule has 0 aliphatic rings. The summed E-state index contributed by atoms with van der Waals surface area (Å²) < 4.78 is 39.6. The molecule has 1 aromatic carbocycles. The lowest BCUT2D eigenvalue weighted by Gasteiger charge is -2.26. The zero-order chi connectivity index (χ0) is 15.3. The number of hydrogen-bond acceptors (Lipinski definition) is 2. The van der Waals surface area contributed by atoms with Crippen LogP contribution in [0, 0.1) is 5.92 Å². The van der Waals surface area contributed by atoms with Crippen molar-refractivity contribution in [1.29, 1.82) is 0 Å². The number of hydrogen-bond donors (Lipinski definition) is 1. The number of rotatable bonds is 6. The SMILES string of the molecule is CCC(C)CN(C)c1ccc(CCN)cc1C(F)(F)F. The highest BCUT2D eigenvalue weighted by atomic mass is 19.4. The molecule has 1 rings (SSSR count). The summed E-state index contributed by atoms with van der Waals surface area (Å²) in [7, 11) is 1.71. The van der Waals surface area contributed by atoms with Crippen LogP contribution in [0.1, 0.15) is 31.4 Å². The second-order valence-corrected chi connectivity index (χ2v) is 5.28. The maximum Gasteiger partial charge on any atom is 0.418 e. The topological polar surface area (TPSA) is 29.3 Å². The van der Waals surface area contributed by atoms with Crippen LogP contribution in [0.2, 0.25) is 0 Å². The van der Waals surface area contributed by atoms with Gasteiger partial charge in [0.2, 0.25) is 0 Å². The molecule has 2 N–H and O–H groups in total. The summed E-state index contributed by atoms with van der Waals surface area (Å²) in [4.78, 5) is 1.68. The summed E-state index contributed by atoms with van der Waals surface area (Å²) in [6.07, 6.45) is -2.95. The van der Waals surface area contributed by atoms with Gasteiger partial charge < -0.3 is 10.6 Å². The minimum absolute atomic E-state index is 0.235. The smallest absolute Gasteiger partial charge is 0.374 e. The average molecular weight is 288 g/mol. The van der Waals surface area contributed by atoms with Crippen LogP contribution in [-0.4, -0.2) is 20.1 Å². The monoisotopic (exact) mass is 288 g/mol. The molecule has 0 saturated heterocycles. The first-order valence-electron chi connectivity index (χ1n) is 6.90. The lowest BCUT2D eigenvalue weighted by Crippen LogP contribution is -2.26. The molecule has 0 heterocycles. The van der Waals surface area contributed by atoms with Crippen molar-refractivity contribution >= 4 is 5.69 Å². The Morgan fingerprint density at radius 3 is 2.45 bits per heavy atom. The van der Waals surface area contributed by atoms with Crippen LogP contribution < -0.4 is 10.6 Å². The maximum atomic E-state index is 13.2. The first kappa shape index (κ1) is 16.8. The van der Waals surface area contributed by atoms with Crippen molar-refractivity contribution in [2.45, 2.75) is 32.9 Å². The van der Waals surface area contributed by atoms with E-state index in [0.29, 0.717) is 31.0 Å². The Labute approximate surface area is 118 Å². The Bertz CT molecular complexity index is 430. The maximum absolute atomic E-state index is 13.2. The van der Waals surface area contributed by atoms with E-state index in [1.54, 1.807) is 24.1 Å². The van der Waals surface area contributed by atoms with Gasteiger partial charge in [0.15, 0.2) is 0 Å². The number of anilines is 1. The van der Waals surface area contributed by atoms with E-state index in [0.717, 1.165) is 6.42 Å². The largest absolute Gasteiger partial charge is 0.418 e. The molecule has 0 radical (unpaired) electrons. The molecule has 20 heavy (non-hydrogen) atoms. The molecule has 0 aliphatic carbocycles. The van der Waals surface area contributed by atoms with Crippen LogP contribution in [0.4, 0.5) is 18.9 Å². The highest BCUT2D eigenvalue weighted by molar-refractivity contribution is 5.56. The van der Waals surface area contributed by atoms with Crippen molar-refractivity contribution in [3.8, 4) is 0 Å². The molecule has 0 saturated carbocycles. The fourth-order valence-electron chi connectivity index (χ4n) is 2.16. The van der Waals surface area contributed by atoms with Gasteiger partial charge in [-0.15, -0.1) is 0 Å². The van der Waals surface area contributed by atoms with Crippen molar-refractivity contribution in [2.75, 3.05) is 25.0 Å². The predicted molar refractivity (Wildman–Crippen MR) is 76.9 cm³/mol. The van der Waals surface area contributed by atoms with Gasteiger partial charge in [-0.2, -0.15) is 13.2 Å². The number of nitrogens with zero attached hydrogens (tertiary/aromatic N) is 1. The molecule has 0 amide bonds. The van der Waals surface area contributed by atoms with E-state index in [4.69, 9.17) is 5.73 Å². The van der Waals surface area contributed by atoms with Gasteiger partial charge in [0.25, 0.3) is 0 Å². The third-order valence-corrected chi connectivity index (χ3v) is 3.49. The molecule has 1 atom stereocenters. The molecule has 0 bridgehead atoms. The van der Waals surface area contributed by atoms with Crippen molar-refractivity contribution in [3.05, 3.63) is 29.3 Å². The first-order valence-corrected chi connectivity index (χ1v) is 6.90. The molecule has 0 aromatic heterocycles. The highest BCUT2D eigenvalue weighted by Gasteiger charge is 2.34. The van der Waals surface area contributed by atoms with Crippen molar-refractivity contribution in [3.63, 3.8) is 0 Å². The van der Waals surface area contributed by atoms with Crippen molar-refractivity contribution < 1.29 is 13.2 Å². The number of halogens is 3. The Balaban J connectivity index is 3.11. The van der Waals surface area contributed by atoms with Crippen molar-refractivity contribution in [2.24, 2.45) is 11.7 Å². The normalized spacial score (nSPS) is 13.3. The molecule has 0 fully saturated rings. The fraction of sp³-hybridized carbons (Fsp3) is 0.600. The zero-order valence-electron chi connectivity index (χ0n) is 12.3. The van der Waals surface area contributed by atoms with Gasteiger partial charge in [-0.3, -0.25) is 0 Å². The van der Waals surface area contributed by atoms with E-state index in [1.165, 1.54) is 6.07 Å². The quantitative estimate of drug-likeness (QED) is 0.865. The van der Waals surface area contributed by atoms with Crippen LogP contribution >= 0.6 is 0 Å². The molecular weight excluding hydrogens is 265 g/mol. The molecule has 0 aliphatic heterocycles. The van der Waals surface area contributed by atoms with Gasteiger partial charge in [-0.1, -0.05) is 26.3 Å². The van der Waals surface area contributed by atoms with E-state index in [-0.39, 0.29) is 5.69 Å². The Hall–Kier alpha value is -1.23. The minimum atomic E-state index is -4.34. The summed E-state index contributed by atoms with van der Waals surface area (Å²) in [5.41, 5.74) is 5.70. The van der Waals surface area contributed by atoms with Gasteiger partial charge in [0.1, 0.15) is 0 Å². The van der Waals surface area contributed by atoms with Gasteiger partial charge >= 0.3 is 6.18 Å². The van der Waals surface area contributed by atoms with Crippen molar-refractivity contribution in [1.82, 2.24) is 0 Å². The summed E-state index contributed by atoms with van der Waals surface area (Å²) >= 11 is 0. The lowest BCUT2D eigenvalue weighted by atomic mass is 10.0. The highest BCUT2D eigenvalue weighted by Crippen LogP contribution is 2.37. The Morgan fingerprint density at radius 2 is 1.95 bits per heavy atom. The van der Waals surface area contributed by atoms with Crippen LogP contribution in [0.25, 0.3) is 0 Å². The molecule has 5 heteroatoms. The zero-order valence-corrected chi connectivity index (χ0v) is 12.3. The summed E-state index contributed by atoms with van der Waals surface area (Å²) in [5.74, 6) is 0.352. The van der Waals surface area contributed by atoms with Gasteiger partial charge in [0, 0.05) is 19.3 Å². The van der Waals surface area contributed by atoms with E-state index >= 15 is 0 Å². The van der Waals surface area contributed by atoms with Gasteiger partial charge in [0.05, 0.1) is 5.56 Å². The molecule has 114 valence electrons. The van der Waals surface area contributed by atoms with E-state index in [9.17, 15) is 13.2 Å². The summed E-state index contributed by atoms with van der Waals surface area (Å²) in [6, 6.07) is 4.50. The average Bonchev–Trinajstić information content (AvgIpc) is 2.37. The molecule has 0 spiro atoms. The van der Waals surface area contributed by atoms with E-state index in [1.807, 2.05) is 13.8 Å². The minimum Gasteiger partial charge on any atom is -0.374 e. The van der Waals surface area contributed by atoms with Gasteiger partial charge in [-0.05, 0) is 36.6 Å². The first-order chi connectivity index (χ1) is 9.29. The van der Waals surface area contributed by atoms with E-state index < -0.39 is 11.7 Å². The standard InChI is InChI=1S/C15H23F3N2/c1-4-11(2)10-20(3)14-6-5-12(7-8-19)9-13(14)15(16,17)18/h5-6,9,11H,4,7-8,10,19H2,1-3H3. The molecular formula is C15H23F3N2. The molecule has 2 nitrogen and oxygen atoms in total. The number of benzene rings is 1. The fourth-order valence-corrected chi connectivity index (χ4v) is 2.16. The molecule has 1 unspecified atom stereocenters. The van der Waals surface area contributed by atoms with Crippen LogP contribution in [-0.2, 0) is 12.6 Å². The Morgan fingerprint density at radius 1 is 1.30 bits per heavy atom. The van der Waals surface area contributed by atoms with Gasteiger partial charge in [-0.25, -0.2) is 0 Å². The third kappa shape index (κ3) is 4.40. The number of nitrogens with two attached hydrogens (primary N) is 1.